The summed E-state index contributed by atoms with van der Waals surface area (Å²) in [5, 5.41) is 1.12. The molecule has 0 radical (unpaired) electrons. The van der Waals surface area contributed by atoms with Crippen LogP contribution in [0.4, 0.5) is 11.5 Å². The molecule has 3 aromatic rings. The summed E-state index contributed by atoms with van der Waals surface area (Å²) in [6, 6.07) is 20.4. The van der Waals surface area contributed by atoms with Gasteiger partial charge >= 0.3 is 0 Å². The van der Waals surface area contributed by atoms with E-state index >= 15 is 0 Å². The summed E-state index contributed by atoms with van der Waals surface area (Å²) >= 11 is 0. The van der Waals surface area contributed by atoms with Crippen molar-refractivity contribution >= 4 is 22.4 Å². The van der Waals surface area contributed by atoms with Crippen LogP contribution in [0.1, 0.15) is 5.56 Å². The van der Waals surface area contributed by atoms with Gasteiger partial charge in [0.2, 0.25) is 0 Å². The van der Waals surface area contributed by atoms with Crippen molar-refractivity contribution in [1.82, 2.24) is 4.98 Å². The molecule has 3 rings (SSSR count). The Morgan fingerprint density at radius 2 is 1.76 bits per heavy atom. The maximum atomic E-state index is 5.63. The monoisotopic (exact) mass is 278 g/mol. The first kappa shape index (κ1) is 13.4. The van der Waals surface area contributed by atoms with E-state index in [4.69, 9.17) is 5.84 Å². The highest BCUT2D eigenvalue weighted by Crippen LogP contribution is 2.23. The van der Waals surface area contributed by atoms with E-state index in [-0.39, 0.29) is 0 Å². The van der Waals surface area contributed by atoms with Crippen LogP contribution < -0.4 is 16.2 Å². The van der Waals surface area contributed by atoms with Crippen LogP contribution in [-0.2, 0) is 6.54 Å². The van der Waals surface area contributed by atoms with Crippen LogP contribution in [-0.4, -0.2) is 12.0 Å². The Labute approximate surface area is 124 Å². The first-order chi connectivity index (χ1) is 10.3. The van der Waals surface area contributed by atoms with E-state index in [1.165, 1.54) is 0 Å². The van der Waals surface area contributed by atoms with E-state index in [2.05, 4.69) is 46.6 Å². The molecule has 1 aromatic heterocycles. The lowest BCUT2D eigenvalue weighted by Gasteiger charge is -2.21. The quantitative estimate of drug-likeness (QED) is 0.568. The largest absolute Gasteiger partial charge is 0.370 e. The highest BCUT2D eigenvalue weighted by atomic mass is 15.3. The van der Waals surface area contributed by atoms with Gasteiger partial charge in [-0.1, -0.05) is 36.4 Å². The van der Waals surface area contributed by atoms with Gasteiger partial charge in [0.15, 0.2) is 0 Å². The Balaban J connectivity index is 1.96. The molecule has 0 atom stereocenters. The predicted octanol–water partition coefficient (Wildman–Crippen LogP) is 3.16. The van der Waals surface area contributed by atoms with Gasteiger partial charge in [0.25, 0.3) is 0 Å². The molecule has 1 heterocycles. The fourth-order valence-electron chi connectivity index (χ4n) is 2.43. The van der Waals surface area contributed by atoms with Gasteiger partial charge in [0, 0.05) is 30.2 Å². The third kappa shape index (κ3) is 2.80. The Bertz CT molecular complexity index is 740. The molecule has 0 fully saturated rings. The lowest BCUT2D eigenvalue weighted by atomic mass is 10.1. The van der Waals surface area contributed by atoms with Crippen molar-refractivity contribution in [2.24, 2.45) is 5.84 Å². The predicted molar refractivity (Wildman–Crippen MR) is 88.1 cm³/mol. The van der Waals surface area contributed by atoms with Crippen molar-refractivity contribution in [2.75, 3.05) is 17.4 Å². The number of fused-ring (bicyclic) bond motifs is 1. The number of aromatic nitrogens is 1. The van der Waals surface area contributed by atoms with Gasteiger partial charge in [-0.15, -0.1) is 0 Å². The standard InChI is InChI=1S/C17H18N4/c1-21(15-8-3-2-4-9-15)12-14-11-13-7-5-6-10-16(13)19-17(14)20-18/h2-11H,12,18H2,1H3,(H,19,20). The second-order valence-electron chi connectivity index (χ2n) is 5.02. The van der Waals surface area contributed by atoms with Gasteiger partial charge in [-0.25, -0.2) is 10.8 Å². The van der Waals surface area contributed by atoms with Gasteiger partial charge in [0.05, 0.1) is 5.52 Å². The lowest BCUT2D eigenvalue weighted by Crippen LogP contribution is -2.19. The number of hydrogen-bond donors (Lipinski definition) is 2. The van der Waals surface area contributed by atoms with Crippen LogP contribution in [0.5, 0.6) is 0 Å². The maximum Gasteiger partial charge on any atom is 0.145 e. The maximum absolute atomic E-state index is 5.63. The van der Waals surface area contributed by atoms with Crippen molar-refractivity contribution in [1.29, 1.82) is 0 Å². The normalized spacial score (nSPS) is 10.6. The summed E-state index contributed by atoms with van der Waals surface area (Å²) in [6.07, 6.45) is 0. The van der Waals surface area contributed by atoms with Gasteiger partial charge in [-0.3, -0.25) is 0 Å². The molecule has 4 heteroatoms. The molecule has 106 valence electrons. The van der Waals surface area contributed by atoms with E-state index in [0.29, 0.717) is 0 Å². The number of nitrogen functional groups attached to an aromatic ring is 1. The number of nitrogens with zero attached hydrogens (tertiary/aromatic N) is 2. The minimum Gasteiger partial charge on any atom is -0.370 e. The van der Waals surface area contributed by atoms with Gasteiger partial charge in [-0.2, -0.15) is 0 Å². The van der Waals surface area contributed by atoms with E-state index < -0.39 is 0 Å². The molecule has 2 aromatic carbocycles. The van der Waals surface area contributed by atoms with Crippen molar-refractivity contribution in [2.45, 2.75) is 6.54 Å². The second kappa shape index (κ2) is 5.81. The molecule has 0 unspecified atom stereocenters. The lowest BCUT2D eigenvalue weighted by molar-refractivity contribution is 0.918. The molecule has 4 nitrogen and oxygen atoms in total. The number of rotatable bonds is 4. The summed E-state index contributed by atoms with van der Waals surface area (Å²) in [4.78, 5) is 6.75. The smallest absolute Gasteiger partial charge is 0.145 e. The molecule has 0 amide bonds. The molecule has 0 saturated carbocycles. The number of benzene rings is 2. The summed E-state index contributed by atoms with van der Waals surface area (Å²) in [5.74, 6) is 6.34. The molecule has 0 bridgehead atoms. The number of para-hydroxylation sites is 2. The summed E-state index contributed by atoms with van der Waals surface area (Å²) < 4.78 is 0. The minimum absolute atomic E-state index is 0.719. The Hall–Kier alpha value is -2.59. The Kier molecular flexibility index (Phi) is 3.71. The number of nitrogens with two attached hydrogens (primary N) is 1. The van der Waals surface area contributed by atoms with E-state index in [9.17, 15) is 0 Å². The molecule has 21 heavy (non-hydrogen) atoms. The first-order valence-corrected chi connectivity index (χ1v) is 6.89. The fraction of sp³-hybridized carbons (Fsp3) is 0.118. The van der Waals surface area contributed by atoms with Crippen molar-refractivity contribution in [3.05, 3.63) is 66.2 Å². The Morgan fingerprint density at radius 3 is 2.52 bits per heavy atom. The number of hydrogen-bond acceptors (Lipinski definition) is 4. The fourth-order valence-corrected chi connectivity index (χ4v) is 2.43. The van der Waals surface area contributed by atoms with Crippen LogP contribution in [0.2, 0.25) is 0 Å². The zero-order valence-electron chi connectivity index (χ0n) is 12.0. The van der Waals surface area contributed by atoms with E-state index in [1.54, 1.807) is 0 Å². The van der Waals surface area contributed by atoms with Crippen molar-refractivity contribution in [3.8, 4) is 0 Å². The third-order valence-corrected chi connectivity index (χ3v) is 3.54. The molecule has 0 saturated heterocycles. The molecular weight excluding hydrogens is 260 g/mol. The van der Waals surface area contributed by atoms with Gasteiger partial charge in [-0.05, 0) is 24.3 Å². The number of nitrogens with one attached hydrogen (secondary N) is 1. The zero-order chi connectivity index (χ0) is 14.7. The van der Waals surface area contributed by atoms with E-state index in [0.717, 1.165) is 34.5 Å². The van der Waals surface area contributed by atoms with Gasteiger partial charge < -0.3 is 10.3 Å². The summed E-state index contributed by atoms with van der Waals surface area (Å²) in [6.45, 7) is 0.737. The van der Waals surface area contributed by atoms with Crippen LogP contribution in [0.15, 0.2) is 60.7 Å². The van der Waals surface area contributed by atoms with Gasteiger partial charge in [0.1, 0.15) is 5.82 Å². The topological polar surface area (TPSA) is 54.2 Å². The SMILES string of the molecule is CN(Cc1cc2ccccc2nc1NN)c1ccccc1. The molecular formula is C17H18N4. The highest BCUT2D eigenvalue weighted by Gasteiger charge is 2.09. The molecule has 0 aliphatic heterocycles. The summed E-state index contributed by atoms with van der Waals surface area (Å²) in [7, 11) is 2.06. The first-order valence-electron chi connectivity index (χ1n) is 6.89. The zero-order valence-corrected chi connectivity index (χ0v) is 12.0. The Morgan fingerprint density at radius 1 is 1.05 bits per heavy atom. The van der Waals surface area contributed by atoms with Crippen LogP contribution in [0.3, 0.4) is 0 Å². The van der Waals surface area contributed by atoms with E-state index in [1.807, 2.05) is 36.4 Å². The van der Waals surface area contributed by atoms with Crippen molar-refractivity contribution < 1.29 is 0 Å². The average Bonchev–Trinajstić information content (AvgIpc) is 2.55. The van der Waals surface area contributed by atoms with Crippen LogP contribution >= 0.6 is 0 Å². The van der Waals surface area contributed by atoms with Crippen molar-refractivity contribution in [3.63, 3.8) is 0 Å². The third-order valence-electron chi connectivity index (χ3n) is 3.54. The average molecular weight is 278 g/mol. The molecule has 0 spiro atoms. The number of hydrazine groups is 1. The molecule has 0 aliphatic rings. The minimum atomic E-state index is 0.719. The molecule has 0 aliphatic carbocycles. The van der Waals surface area contributed by atoms with Crippen LogP contribution in [0.25, 0.3) is 10.9 Å². The number of pyridine rings is 1. The summed E-state index contributed by atoms with van der Waals surface area (Å²) in [5.41, 5.74) is 5.88. The highest BCUT2D eigenvalue weighted by molar-refractivity contribution is 5.81. The van der Waals surface area contributed by atoms with Crippen LogP contribution in [0, 0.1) is 0 Å². The number of anilines is 2. The second-order valence-corrected chi connectivity index (χ2v) is 5.02. The molecule has 3 N–H and O–H groups in total.